The summed E-state index contributed by atoms with van der Waals surface area (Å²) < 4.78 is 35.1. The third kappa shape index (κ3) is 7.67. The maximum absolute atomic E-state index is 11.7. The van der Waals surface area contributed by atoms with E-state index in [0.29, 0.717) is 12.8 Å². The van der Waals surface area contributed by atoms with Crippen LogP contribution in [0, 0.1) is 12.3 Å². The molecule has 0 spiro atoms. The van der Waals surface area contributed by atoms with Crippen molar-refractivity contribution in [3.05, 3.63) is 0 Å². The second-order valence-electron chi connectivity index (χ2n) is 2.96. The molecule has 2 N–H and O–H groups in total. The zero-order valence-electron chi connectivity index (χ0n) is 8.32. The Hall–Kier alpha value is -1.38. The molecular formula is C9H13F3N2O. The fraction of sp³-hybridized carbons (Fsp3) is 0.667. The monoisotopic (exact) mass is 222 g/mol. The summed E-state index contributed by atoms with van der Waals surface area (Å²) in [6, 6.07) is -1.14. The van der Waals surface area contributed by atoms with Crippen LogP contribution in [0.5, 0.6) is 0 Å². The summed E-state index contributed by atoms with van der Waals surface area (Å²) in [5, 5.41) is 4.05. The SMILES string of the molecule is C#CCC(CC)NC(=O)NCC(F)(F)F. The van der Waals surface area contributed by atoms with E-state index in [1.807, 2.05) is 0 Å². The molecule has 0 heterocycles. The molecule has 0 aliphatic carbocycles. The Bertz CT molecular complexity index is 245. The predicted molar refractivity (Wildman–Crippen MR) is 50.1 cm³/mol. The van der Waals surface area contributed by atoms with Crippen LogP contribution in [0.4, 0.5) is 18.0 Å². The molecule has 86 valence electrons. The molecule has 0 aromatic rings. The minimum Gasteiger partial charge on any atom is -0.334 e. The Morgan fingerprint density at radius 3 is 2.53 bits per heavy atom. The van der Waals surface area contributed by atoms with E-state index in [-0.39, 0.29) is 6.04 Å². The van der Waals surface area contributed by atoms with Gasteiger partial charge < -0.3 is 10.6 Å². The number of terminal acetylenes is 1. The molecule has 2 amide bonds. The van der Waals surface area contributed by atoms with Gasteiger partial charge in [-0.2, -0.15) is 13.2 Å². The number of carbonyl (C=O) groups excluding carboxylic acids is 1. The topological polar surface area (TPSA) is 41.1 Å². The van der Waals surface area contributed by atoms with Crippen LogP contribution < -0.4 is 10.6 Å². The van der Waals surface area contributed by atoms with Gasteiger partial charge in [0.1, 0.15) is 6.54 Å². The molecule has 0 saturated carbocycles. The minimum absolute atomic E-state index is 0.289. The molecular weight excluding hydrogens is 209 g/mol. The van der Waals surface area contributed by atoms with Gasteiger partial charge >= 0.3 is 12.2 Å². The van der Waals surface area contributed by atoms with Gasteiger partial charge in [-0.1, -0.05) is 6.92 Å². The smallest absolute Gasteiger partial charge is 0.334 e. The van der Waals surface area contributed by atoms with E-state index in [4.69, 9.17) is 6.42 Å². The minimum atomic E-state index is -4.40. The first kappa shape index (κ1) is 13.6. The van der Waals surface area contributed by atoms with Gasteiger partial charge in [0, 0.05) is 12.5 Å². The summed E-state index contributed by atoms with van der Waals surface area (Å²) in [7, 11) is 0. The number of nitrogens with one attached hydrogen (secondary N) is 2. The summed E-state index contributed by atoms with van der Waals surface area (Å²) in [4.78, 5) is 10.9. The average molecular weight is 222 g/mol. The zero-order chi connectivity index (χ0) is 11.9. The molecule has 0 rings (SSSR count). The van der Waals surface area contributed by atoms with E-state index in [1.54, 1.807) is 12.2 Å². The van der Waals surface area contributed by atoms with Crippen LogP contribution in [0.15, 0.2) is 0 Å². The quantitative estimate of drug-likeness (QED) is 0.698. The second-order valence-corrected chi connectivity index (χ2v) is 2.96. The number of amides is 2. The van der Waals surface area contributed by atoms with E-state index >= 15 is 0 Å². The molecule has 0 aliphatic rings. The van der Waals surface area contributed by atoms with Crippen molar-refractivity contribution in [3.8, 4) is 12.3 Å². The van der Waals surface area contributed by atoms with Crippen molar-refractivity contribution >= 4 is 6.03 Å². The second kappa shape index (κ2) is 6.17. The van der Waals surface area contributed by atoms with Gasteiger partial charge in [-0.25, -0.2) is 4.79 Å². The highest BCUT2D eigenvalue weighted by molar-refractivity contribution is 5.74. The maximum atomic E-state index is 11.7. The van der Waals surface area contributed by atoms with Crippen LogP contribution >= 0.6 is 0 Å². The first-order valence-electron chi connectivity index (χ1n) is 4.43. The lowest BCUT2D eigenvalue weighted by molar-refractivity contribution is -0.122. The first-order chi connectivity index (χ1) is 6.89. The molecule has 1 unspecified atom stereocenters. The van der Waals surface area contributed by atoms with E-state index < -0.39 is 18.8 Å². The summed E-state index contributed by atoms with van der Waals surface area (Å²) in [6.45, 7) is 0.442. The van der Waals surface area contributed by atoms with Crippen LogP contribution in [0.2, 0.25) is 0 Å². The Kier molecular flexibility index (Phi) is 5.60. The fourth-order valence-electron chi connectivity index (χ4n) is 0.857. The standard InChI is InChI=1S/C9H13F3N2O/c1-3-5-7(4-2)14-8(15)13-6-9(10,11)12/h1,7H,4-6H2,2H3,(H2,13,14,15). The Labute approximate surface area is 86.4 Å². The van der Waals surface area contributed by atoms with Crippen LogP contribution in [-0.2, 0) is 0 Å². The van der Waals surface area contributed by atoms with Crippen molar-refractivity contribution in [2.75, 3.05) is 6.54 Å². The summed E-state index contributed by atoms with van der Waals surface area (Å²) in [5.74, 6) is 2.33. The highest BCUT2D eigenvalue weighted by Crippen LogP contribution is 2.11. The Morgan fingerprint density at radius 1 is 1.53 bits per heavy atom. The van der Waals surface area contributed by atoms with Crippen molar-refractivity contribution in [2.24, 2.45) is 0 Å². The maximum Gasteiger partial charge on any atom is 0.405 e. The first-order valence-corrected chi connectivity index (χ1v) is 4.43. The third-order valence-corrected chi connectivity index (χ3v) is 1.64. The van der Waals surface area contributed by atoms with Crippen molar-refractivity contribution < 1.29 is 18.0 Å². The third-order valence-electron chi connectivity index (χ3n) is 1.64. The Morgan fingerprint density at radius 2 is 2.13 bits per heavy atom. The molecule has 0 bridgehead atoms. The summed E-state index contributed by atoms with van der Waals surface area (Å²) >= 11 is 0. The number of alkyl halides is 3. The zero-order valence-corrected chi connectivity index (χ0v) is 8.32. The van der Waals surface area contributed by atoms with E-state index in [1.165, 1.54) is 0 Å². The average Bonchev–Trinajstić information content (AvgIpc) is 2.13. The Balaban J connectivity index is 3.87. The number of urea groups is 1. The van der Waals surface area contributed by atoms with E-state index in [9.17, 15) is 18.0 Å². The molecule has 0 radical (unpaired) electrons. The molecule has 0 fully saturated rings. The van der Waals surface area contributed by atoms with Gasteiger partial charge in [-0.15, -0.1) is 12.3 Å². The van der Waals surface area contributed by atoms with Gasteiger partial charge in [0.15, 0.2) is 0 Å². The van der Waals surface area contributed by atoms with Gasteiger partial charge in [0.2, 0.25) is 0 Å². The number of carbonyl (C=O) groups is 1. The largest absolute Gasteiger partial charge is 0.405 e. The molecule has 15 heavy (non-hydrogen) atoms. The highest BCUT2D eigenvalue weighted by Gasteiger charge is 2.27. The lowest BCUT2D eigenvalue weighted by Crippen LogP contribution is -2.44. The summed E-state index contributed by atoms with van der Waals surface area (Å²) in [5.41, 5.74) is 0. The lowest BCUT2D eigenvalue weighted by atomic mass is 10.2. The molecule has 0 aliphatic heterocycles. The van der Waals surface area contributed by atoms with Crippen LogP contribution in [0.3, 0.4) is 0 Å². The van der Waals surface area contributed by atoms with Crippen LogP contribution in [-0.4, -0.2) is 24.8 Å². The van der Waals surface area contributed by atoms with Crippen LogP contribution in [0.25, 0.3) is 0 Å². The highest BCUT2D eigenvalue weighted by atomic mass is 19.4. The molecule has 3 nitrogen and oxygen atoms in total. The van der Waals surface area contributed by atoms with Crippen molar-refractivity contribution in [2.45, 2.75) is 32.0 Å². The van der Waals surface area contributed by atoms with Crippen molar-refractivity contribution in [1.29, 1.82) is 0 Å². The number of rotatable bonds is 4. The van der Waals surface area contributed by atoms with E-state index in [0.717, 1.165) is 0 Å². The molecule has 1 atom stereocenters. The fourth-order valence-corrected chi connectivity index (χ4v) is 0.857. The molecule has 0 aromatic heterocycles. The predicted octanol–water partition coefficient (Wildman–Crippen LogP) is 1.65. The van der Waals surface area contributed by atoms with Gasteiger partial charge in [0.05, 0.1) is 0 Å². The molecule has 0 saturated heterocycles. The number of hydrogen-bond donors (Lipinski definition) is 2. The number of halogens is 3. The van der Waals surface area contributed by atoms with Crippen molar-refractivity contribution in [1.82, 2.24) is 10.6 Å². The van der Waals surface area contributed by atoms with Gasteiger partial charge in [-0.3, -0.25) is 0 Å². The molecule has 0 aromatic carbocycles. The molecule has 6 heteroatoms. The lowest BCUT2D eigenvalue weighted by Gasteiger charge is -2.15. The van der Waals surface area contributed by atoms with Gasteiger partial charge in [0.25, 0.3) is 0 Å². The van der Waals surface area contributed by atoms with Crippen LogP contribution in [0.1, 0.15) is 19.8 Å². The van der Waals surface area contributed by atoms with Crippen molar-refractivity contribution in [3.63, 3.8) is 0 Å². The van der Waals surface area contributed by atoms with E-state index in [2.05, 4.69) is 11.2 Å². The number of hydrogen-bond acceptors (Lipinski definition) is 1. The summed E-state index contributed by atoms with van der Waals surface area (Å²) in [6.07, 6.45) is 1.50. The van der Waals surface area contributed by atoms with Gasteiger partial charge in [-0.05, 0) is 6.42 Å². The normalized spacial score (nSPS) is 12.7.